The summed E-state index contributed by atoms with van der Waals surface area (Å²) < 4.78 is 0. The Hall–Kier alpha value is -1.16. The Morgan fingerprint density at radius 1 is 1.42 bits per heavy atom. The largest absolute Gasteiger partial charge is 0.389 e. The second-order valence-corrected chi connectivity index (χ2v) is 5.94. The third kappa shape index (κ3) is 3.66. The van der Waals surface area contributed by atoms with Crippen molar-refractivity contribution in [2.45, 2.75) is 46.0 Å². The number of pyridine rings is 1. The van der Waals surface area contributed by atoms with Gasteiger partial charge in [0.05, 0.1) is 5.56 Å². The number of hydrogen-bond donors (Lipinski definition) is 2. The average molecular weight is 277 g/mol. The van der Waals surface area contributed by atoms with Crippen molar-refractivity contribution >= 4 is 22.9 Å². The van der Waals surface area contributed by atoms with E-state index in [0.29, 0.717) is 4.99 Å². The highest BCUT2D eigenvalue weighted by atomic mass is 32.1. The van der Waals surface area contributed by atoms with Gasteiger partial charge in [0.25, 0.3) is 0 Å². The first-order valence-electron chi connectivity index (χ1n) is 7.10. The molecule has 0 atom stereocenters. The van der Waals surface area contributed by atoms with Crippen LogP contribution in [0.1, 0.15) is 49.1 Å². The lowest BCUT2D eigenvalue weighted by Crippen LogP contribution is -2.17. The van der Waals surface area contributed by atoms with Crippen molar-refractivity contribution in [3.8, 4) is 0 Å². The van der Waals surface area contributed by atoms with Gasteiger partial charge in [-0.1, -0.05) is 37.9 Å². The van der Waals surface area contributed by atoms with Crippen LogP contribution in [0.4, 0.5) is 5.69 Å². The van der Waals surface area contributed by atoms with Crippen LogP contribution in [0.5, 0.6) is 0 Å². The van der Waals surface area contributed by atoms with Gasteiger partial charge in [0.2, 0.25) is 0 Å². The van der Waals surface area contributed by atoms with Crippen molar-refractivity contribution in [2.24, 2.45) is 11.7 Å². The lowest BCUT2D eigenvalue weighted by Gasteiger charge is -2.15. The maximum atomic E-state index is 5.81. The Morgan fingerprint density at radius 3 is 2.74 bits per heavy atom. The van der Waals surface area contributed by atoms with Gasteiger partial charge in [-0.2, -0.15) is 0 Å². The Balaban J connectivity index is 2.03. The molecule has 0 spiro atoms. The number of aromatic nitrogens is 1. The summed E-state index contributed by atoms with van der Waals surface area (Å²) in [6, 6.07) is 2.04. The molecule has 4 heteroatoms. The van der Waals surface area contributed by atoms with Crippen LogP contribution in [0.2, 0.25) is 0 Å². The zero-order valence-electron chi connectivity index (χ0n) is 11.8. The number of nitrogens with zero attached hydrogens (tertiary/aromatic N) is 1. The highest BCUT2D eigenvalue weighted by Gasteiger charge is 2.15. The highest BCUT2D eigenvalue weighted by molar-refractivity contribution is 7.80. The van der Waals surface area contributed by atoms with E-state index >= 15 is 0 Å². The zero-order valence-corrected chi connectivity index (χ0v) is 12.6. The number of hydrogen-bond acceptors (Lipinski definition) is 3. The van der Waals surface area contributed by atoms with E-state index in [9.17, 15) is 0 Å². The van der Waals surface area contributed by atoms with Gasteiger partial charge in [0, 0.05) is 23.6 Å². The first-order chi connectivity index (χ1) is 9.08. The van der Waals surface area contributed by atoms with E-state index < -0.39 is 0 Å². The van der Waals surface area contributed by atoms with Crippen LogP contribution in [0.3, 0.4) is 0 Å². The Morgan fingerprint density at radius 2 is 2.11 bits per heavy atom. The molecule has 1 saturated carbocycles. The molecule has 1 aliphatic rings. The molecule has 0 aromatic carbocycles. The van der Waals surface area contributed by atoms with Crippen LogP contribution >= 0.6 is 12.2 Å². The molecule has 19 heavy (non-hydrogen) atoms. The molecule has 0 saturated heterocycles. The van der Waals surface area contributed by atoms with Crippen LogP contribution < -0.4 is 11.1 Å². The monoisotopic (exact) mass is 277 g/mol. The molecule has 3 N–H and O–H groups in total. The molecule has 0 radical (unpaired) electrons. The number of anilines is 1. The van der Waals surface area contributed by atoms with Gasteiger partial charge in [-0.05, 0) is 32.3 Å². The third-order valence-electron chi connectivity index (χ3n) is 3.92. The van der Waals surface area contributed by atoms with E-state index in [0.717, 1.165) is 35.1 Å². The predicted octanol–water partition coefficient (Wildman–Crippen LogP) is 3.32. The zero-order chi connectivity index (χ0) is 13.8. The van der Waals surface area contributed by atoms with E-state index in [4.69, 9.17) is 18.0 Å². The van der Waals surface area contributed by atoms with Crippen molar-refractivity contribution in [2.75, 3.05) is 11.9 Å². The molecule has 1 aromatic rings. The molecule has 0 bridgehead atoms. The lowest BCUT2D eigenvalue weighted by atomic mass is 10.0. The fraction of sp³-hybridized carbons (Fsp3) is 0.600. The van der Waals surface area contributed by atoms with E-state index in [1.807, 2.05) is 19.9 Å². The molecular weight excluding hydrogens is 254 g/mol. The van der Waals surface area contributed by atoms with Crippen LogP contribution in [-0.4, -0.2) is 16.5 Å². The summed E-state index contributed by atoms with van der Waals surface area (Å²) in [6.45, 7) is 4.95. The summed E-state index contributed by atoms with van der Waals surface area (Å²) in [5.74, 6) is 0.893. The fourth-order valence-corrected chi connectivity index (χ4v) is 3.25. The molecule has 3 nitrogen and oxygen atoms in total. The van der Waals surface area contributed by atoms with Crippen molar-refractivity contribution in [1.29, 1.82) is 0 Å². The molecular formula is C15H23N3S. The lowest BCUT2D eigenvalue weighted by molar-refractivity contribution is 0.518. The van der Waals surface area contributed by atoms with Crippen LogP contribution in [0.15, 0.2) is 6.07 Å². The van der Waals surface area contributed by atoms with Crippen LogP contribution in [0, 0.1) is 19.8 Å². The van der Waals surface area contributed by atoms with Gasteiger partial charge in [-0.15, -0.1) is 0 Å². The molecule has 1 aliphatic carbocycles. The van der Waals surface area contributed by atoms with Gasteiger partial charge in [0.15, 0.2) is 0 Å². The van der Waals surface area contributed by atoms with Crippen molar-refractivity contribution in [3.63, 3.8) is 0 Å². The predicted molar refractivity (Wildman–Crippen MR) is 84.7 cm³/mol. The fourth-order valence-electron chi connectivity index (χ4n) is 2.99. The van der Waals surface area contributed by atoms with E-state index in [2.05, 4.69) is 10.3 Å². The van der Waals surface area contributed by atoms with Gasteiger partial charge in [-0.25, -0.2) is 0 Å². The molecule has 2 rings (SSSR count). The number of nitrogens with two attached hydrogens (primary N) is 1. The summed E-state index contributed by atoms with van der Waals surface area (Å²) in [5, 5.41) is 3.50. The summed E-state index contributed by atoms with van der Waals surface area (Å²) >= 11 is 5.14. The van der Waals surface area contributed by atoms with Crippen molar-refractivity contribution in [3.05, 3.63) is 23.0 Å². The van der Waals surface area contributed by atoms with Crippen LogP contribution in [0.25, 0.3) is 0 Å². The molecule has 1 aromatic heterocycles. The van der Waals surface area contributed by atoms with Gasteiger partial charge in [-0.3, -0.25) is 4.98 Å². The average Bonchev–Trinajstić information content (AvgIpc) is 2.80. The van der Waals surface area contributed by atoms with Crippen LogP contribution in [-0.2, 0) is 0 Å². The van der Waals surface area contributed by atoms with E-state index in [-0.39, 0.29) is 0 Å². The molecule has 0 aliphatic heterocycles. The maximum Gasteiger partial charge on any atom is 0.107 e. The van der Waals surface area contributed by atoms with Gasteiger partial charge >= 0.3 is 0 Å². The summed E-state index contributed by atoms with van der Waals surface area (Å²) in [4.78, 5) is 4.86. The normalized spacial score (nSPS) is 15.7. The summed E-state index contributed by atoms with van der Waals surface area (Å²) in [5.41, 5.74) is 9.66. The first kappa shape index (κ1) is 14.3. The summed E-state index contributed by atoms with van der Waals surface area (Å²) in [6.07, 6.45) is 6.81. The number of thiocarbonyl (C=S) groups is 1. The number of nitrogens with one attached hydrogen (secondary N) is 1. The Labute approximate surface area is 121 Å². The Bertz CT molecular complexity index is 465. The van der Waals surface area contributed by atoms with Crippen molar-refractivity contribution < 1.29 is 0 Å². The van der Waals surface area contributed by atoms with Gasteiger partial charge < -0.3 is 11.1 Å². The standard InChI is InChI=1S/C15H23N3S/c1-10-9-13(14(15(16)19)11(2)18-10)17-8-7-12-5-3-4-6-12/h9,12H,3-8H2,1-2H3,(H2,16,19)(H,17,18). The molecule has 1 heterocycles. The molecule has 1 fully saturated rings. The second kappa shape index (κ2) is 6.33. The quantitative estimate of drug-likeness (QED) is 0.811. The Kier molecular flexibility index (Phi) is 4.75. The second-order valence-electron chi connectivity index (χ2n) is 5.50. The third-order valence-corrected chi connectivity index (χ3v) is 4.12. The van der Waals surface area contributed by atoms with Crippen molar-refractivity contribution in [1.82, 2.24) is 4.98 Å². The minimum absolute atomic E-state index is 0.424. The molecule has 104 valence electrons. The van der Waals surface area contributed by atoms with Gasteiger partial charge in [0.1, 0.15) is 4.99 Å². The smallest absolute Gasteiger partial charge is 0.107 e. The molecule has 0 amide bonds. The molecule has 0 unspecified atom stereocenters. The summed E-state index contributed by atoms with van der Waals surface area (Å²) in [7, 11) is 0. The number of rotatable bonds is 5. The topological polar surface area (TPSA) is 50.9 Å². The SMILES string of the molecule is Cc1cc(NCCC2CCCC2)c(C(N)=S)c(C)n1. The van der Waals surface area contributed by atoms with E-state index in [1.54, 1.807) is 0 Å². The maximum absolute atomic E-state index is 5.81. The minimum atomic E-state index is 0.424. The first-order valence-corrected chi connectivity index (χ1v) is 7.50. The highest BCUT2D eigenvalue weighted by Crippen LogP contribution is 2.28. The minimum Gasteiger partial charge on any atom is -0.389 e. The van der Waals surface area contributed by atoms with E-state index in [1.165, 1.54) is 32.1 Å². The number of aryl methyl sites for hydroxylation is 2.